The van der Waals surface area contributed by atoms with Gasteiger partial charge in [-0.15, -0.1) is 0 Å². The highest BCUT2D eigenvalue weighted by molar-refractivity contribution is 6.58. The normalized spacial score (nSPS) is 24.8. The Labute approximate surface area is 233 Å². The molecule has 2 aromatic rings. The molecule has 2 heterocycles. The van der Waals surface area contributed by atoms with Gasteiger partial charge in [-0.05, 0) is 79.0 Å². The Kier molecular flexibility index (Phi) is 8.01. The smallest absolute Gasteiger partial charge is 0.488 e. The van der Waals surface area contributed by atoms with Crippen molar-refractivity contribution in [3.63, 3.8) is 0 Å². The fraction of sp³-hybridized carbons (Fsp3) is 0.400. The second-order valence-electron chi connectivity index (χ2n) is 10.6. The van der Waals surface area contributed by atoms with Crippen molar-refractivity contribution < 1.29 is 29.5 Å². The number of phenolic OH excluding ortho intramolecular Hbond substituents is 1. The average Bonchev–Trinajstić information content (AvgIpc) is 3.45. The fourth-order valence-electron chi connectivity index (χ4n) is 6.41. The monoisotopic (exact) mass is 549 g/mol. The fourth-order valence-corrected chi connectivity index (χ4v) is 6.64. The van der Waals surface area contributed by atoms with Crippen LogP contribution in [0.1, 0.15) is 51.5 Å². The summed E-state index contributed by atoms with van der Waals surface area (Å²) < 4.78 is 6.31. The van der Waals surface area contributed by atoms with Crippen molar-refractivity contribution in [1.82, 2.24) is 0 Å². The van der Waals surface area contributed by atoms with Crippen LogP contribution in [0, 0.1) is 17.8 Å². The predicted molar refractivity (Wildman–Crippen MR) is 152 cm³/mol. The number of carbonyl (C=O) groups is 2. The molecule has 9 heteroatoms. The Morgan fingerprint density at radius 3 is 2.62 bits per heavy atom. The van der Waals surface area contributed by atoms with Crippen LogP contribution in [0.15, 0.2) is 59.2 Å². The van der Waals surface area contributed by atoms with Crippen molar-refractivity contribution in [2.24, 2.45) is 17.8 Å². The van der Waals surface area contributed by atoms with E-state index in [9.17, 15) is 24.7 Å². The van der Waals surface area contributed by atoms with Crippen molar-refractivity contribution in [3.05, 3.63) is 69.8 Å². The number of anilines is 1. The Hall–Kier alpha value is -2.91. The number of fused-ring (bicyclic) bond motifs is 3. The van der Waals surface area contributed by atoms with Crippen molar-refractivity contribution in [2.75, 3.05) is 11.5 Å². The summed E-state index contributed by atoms with van der Waals surface area (Å²) in [5.74, 6) is -1.40. The molecular formula is C30H33BClNO6. The van der Waals surface area contributed by atoms with Gasteiger partial charge in [-0.2, -0.15) is 0 Å². The van der Waals surface area contributed by atoms with Crippen LogP contribution in [0.3, 0.4) is 0 Å². The van der Waals surface area contributed by atoms with Gasteiger partial charge in [-0.25, -0.2) is 0 Å². The van der Waals surface area contributed by atoms with Crippen LogP contribution in [0.2, 0.25) is 5.02 Å². The number of hydrogen-bond acceptors (Lipinski definition) is 6. The second-order valence-corrected chi connectivity index (χ2v) is 11.0. The van der Waals surface area contributed by atoms with E-state index in [4.69, 9.17) is 16.3 Å². The van der Waals surface area contributed by atoms with Crippen molar-refractivity contribution >= 4 is 47.8 Å². The van der Waals surface area contributed by atoms with Gasteiger partial charge < -0.3 is 19.9 Å². The summed E-state index contributed by atoms with van der Waals surface area (Å²) in [5, 5.41) is 29.3. The first-order chi connectivity index (χ1) is 18.7. The molecule has 204 valence electrons. The van der Waals surface area contributed by atoms with E-state index in [1.807, 2.05) is 0 Å². The minimum atomic E-state index is -1.68. The minimum absolute atomic E-state index is 0.110. The van der Waals surface area contributed by atoms with Crippen LogP contribution in [0.5, 0.6) is 5.75 Å². The number of halogens is 1. The quantitative estimate of drug-likeness (QED) is 0.258. The number of aromatic hydroxyl groups is 1. The number of imide groups is 1. The summed E-state index contributed by atoms with van der Waals surface area (Å²) in [5.41, 5.74) is 5.05. The maximum absolute atomic E-state index is 13.7. The number of hydrogen-bond donors (Lipinski definition) is 3. The molecule has 0 bridgehead atoms. The van der Waals surface area contributed by atoms with Crippen LogP contribution in [-0.4, -0.2) is 46.8 Å². The van der Waals surface area contributed by atoms with Gasteiger partial charge in [0.1, 0.15) is 5.75 Å². The first-order valence-corrected chi connectivity index (χ1v) is 14.0. The second kappa shape index (κ2) is 11.3. The van der Waals surface area contributed by atoms with Gasteiger partial charge in [0.15, 0.2) is 0 Å². The van der Waals surface area contributed by atoms with Crippen molar-refractivity contribution in [3.8, 4) is 5.75 Å². The van der Waals surface area contributed by atoms with E-state index in [0.717, 1.165) is 31.2 Å². The van der Waals surface area contributed by atoms with E-state index in [-0.39, 0.29) is 35.0 Å². The van der Waals surface area contributed by atoms with Gasteiger partial charge in [0.25, 0.3) is 0 Å². The maximum Gasteiger partial charge on any atom is 0.488 e. The van der Waals surface area contributed by atoms with Crippen LogP contribution >= 0.6 is 11.6 Å². The number of amides is 2. The molecule has 39 heavy (non-hydrogen) atoms. The van der Waals surface area contributed by atoms with E-state index in [0.29, 0.717) is 23.7 Å². The molecule has 2 aliphatic heterocycles. The first-order valence-electron chi connectivity index (χ1n) is 13.6. The molecule has 0 radical (unpaired) electrons. The molecule has 2 aromatic carbocycles. The summed E-state index contributed by atoms with van der Waals surface area (Å²) in [6.45, 7) is 4.59. The third-order valence-electron chi connectivity index (χ3n) is 8.39. The van der Waals surface area contributed by atoms with Gasteiger partial charge in [-0.3, -0.25) is 14.5 Å². The SMILES string of the molecule is CCC1=C2[C@@H](CC/C(=C/c3ccc(O)cc3Cl)CC)OC[C@@H]2[C@@H]2C(=O)N(c3cccc(B(O)O)c3)C(=O)[C@@H]2C1. The lowest BCUT2D eigenvalue weighted by Gasteiger charge is -2.31. The van der Waals surface area contributed by atoms with Gasteiger partial charge in [-0.1, -0.05) is 54.8 Å². The molecule has 2 fully saturated rings. The van der Waals surface area contributed by atoms with E-state index in [2.05, 4.69) is 19.9 Å². The lowest BCUT2D eigenvalue weighted by Crippen LogP contribution is -2.35. The lowest BCUT2D eigenvalue weighted by atomic mass is 9.69. The number of nitrogens with zero attached hydrogens (tertiary/aromatic N) is 1. The first kappa shape index (κ1) is 27.7. The third-order valence-corrected chi connectivity index (χ3v) is 8.71. The number of carbonyl (C=O) groups excluding carboxylic acids is 2. The molecule has 7 nitrogen and oxygen atoms in total. The molecule has 2 amide bonds. The molecular weight excluding hydrogens is 517 g/mol. The van der Waals surface area contributed by atoms with Crippen LogP contribution in [0.25, 0.3) is 6.08 Å². The molecule has 0 unspecified atom stereocenters. The molecule has 0 aromatic heterocycles. The predicted octanol–water partition coefficient (Wildman–Crippen LogP) is 4.23. The highest BCUT2D eigenvalue weighted by atomic mass is 35.5. The number of benzene rings is 2. The Morgan fingerprint density at radius 1 is 1.13 bits per heavy atom. The van der Waals surface area contributed by atoms with Crippen LogP contribution in [-0.2, 0) is 14.3 Å². The summed E-state index contributed by atoms with van der Waals surface area (Å²) in [4.78, 5) is 28.5. The summed E-state index contributed by atoms with van der Waals surface area (Å²) in [6.07, 6.45) is 5.70. The van der Waals surface area contributed by atoms with Crippen LogP contribution < -0.4 is 10.4 Å². The van der Waals surface area contributed by atoms with Gasteiger partial charge in [0.05, 0.1) is 35.3 Å². The molecule has 4 atom stereocenters. The topological polar surface area (TPSA) is 107 Å². The zero-order valence-electron chi connectivity index (χ0n) is 22.1. The molecule has 0 spiro atoms. The Bertz CT molecular complexity index is 1350. The number of phenols is 1. The highest BCUT2D eigenvalue weighted by Crippen LogP contribution is 2.51. The molecule has 2 saturated heterocycles. The Morgan fingerprint density at radius 2 is 1.92 bits per heavy atom. The molecule has 3 aliphatic rings. The lowest BCUT2D eigenvalue weighted by molar-refractivity contribution is -0.122. The van der Waals surface area contributed by atoms with E-state index in [1.54, 1.807) is 30.3 Å². The summed E-state index contributed by atoms with van der Waals surface area (Å²) >= 11 is 6.32. The number of allylic oxidation sites excluding steroid dienone is 2. The van der Waals surface area contributed by atoms with Gasteiger partial charge >= 0.3 is 7.12 Å². The van der Waals surface area contributed by atoms with Crippen molar-refractivity contribution in [2.45, 2.75) is 52.1 Å². The zero-order chi connectivity index (χ0) is 27.8. The minimum Gasteiger partial charge on any atom is -0.508 e. The van der Waals surface area contributed by atoms with E-state index in [1.165, 1.54) is 33.8 Å². The van der Waals surface area contributed by atoms with Crippen LogP contribution in [0.4, 0.5) is 5.69 Å². The average molecular weight is 550 g/mol. The molecule has 1 aliphatic carbocycles. The molecule has 3 N–H and O–H groups in total. The largest absolute Gasteiger partial charge is 0.508 e. The summed E-state index contributed by atoms with van der Waals surface area (Å²) in [6, 6.07) is 11.3. The van der Waals surface area contributed by atoms with E-state index < -0.39 is 19.0 Å². The molecule has 5 rings (SSSR count). The van der Waals surface area contributed by atoms with Gasteiger partial charge in [0.2, 0.25) is 11.8 Å². The standard InChI is InChI=1S/C30H33BClNO6/c1-3-17(12-19-9-10-22(34)15-25(19)32)8-11-26-27-18(4-2)13-23-28(24(27)16-39-26)30(36)33(29(23)35)21-7-5-6-20(14-21)31(37)38/h5-7,9-10,12,14-15,23-24,26,28,34,37-38H,3-4,8,11,13,16H2,1-2H3/b17-12+/t23-,24+,26-,28-/m1/s1. The zero-order valence-corrected chi connectivity index (χ0v) is 22.9. The third kappa shape index (κ3) is 5.19. The molecule has 0 saturated carbocycles. The number of rotatable bonds is 8. The number of ether oxygens (including phenoxy) is 1. The Balaban J connectivity index is 1.37. The maximum atomic E-state index is 13.7. The summed E-state index contributed by atoms with van der Waals surface area (Å²) in [7, 11) is -1.68. The highest BCUT2D eigenvalue weighted by Gasteiger charge is 2.57. The van der Waals surface area contributed by atoms with E-state index >= 15 is 0 Å². The van der Waals surface area contributed by atoms with Crippen molar-refractivity contribution in [1.29, 1.82) is 0 Å². The van der Waals surface area contributed by atoms with Gasteiger partial charge in [0, 0.05) is 5.92 Å².